The van der Waals surface area contributed by atoms with Crippen LogP contribution >= 0.6 is 0 Å². The van der Waals surface area contributed by atoms with E-state index in [-0.39, 0.29) is 24.0 Å². The molecule has 0 amide bonds. The molecule has 0 radical (unpaired) electrons. The van der Waals surface area contributed by atoms with Gasteiger partial charge in [-0.05, 0) is 37.8 Å². The normalized spacial score (nSPS) is 22.8. The van der Waals surface area contributed by atoms with E-state index in [1.165, 1.54) is 7.11 Å². The predicted octanol–water partition coefficient (Wildman–Crippen LogP) is 1.91. The van der Waals surface area contributed by atoms with Crippen molar-refractivity contribution in [3.8, 4) is 0 Å². The second kappa shape index (κ2) is 5.91. The van der Waals surface area contributed by atoms with Crippen LogP contribution < -0.4 is 0 Å². The average Bonchev–Trinajstić information content (AvgIpc) is 2.84. The fraction of sp³-hybridized carbons (Fsp3) is 0.571. The molecule has 0 unspecified atom stereocenters. The Morgan fingerprint density at radius 1 is 1.37 bits per heavy atom. The molecule has 1 saturated carbocycles. The molecular weight excluding hydrogens is 246 g/mol. The Hall–Kier alpha value is -1.78. The van der Waals surface area contributed by atoms with E-state index in [4.69, 9.17) is 9.47 Å². The standard InChI is InChI=1S/C14H19NO4/c1-15-8-4-7-12(15)14(17)19-11-6-3-5-10(9-11)13(16)18-2/h4,7-8,10-11H,3,5-6,9H2,1-2H3/t10-,11-/m0/s1. The highest BCUT2D eigenvalue weighted by Gasteiger charge is 2.30. The summed E-state index contributed by atoms with van der Waals surface area (Å²) in [5.41, 5.74) is 0.528. The van der Waals surface area contributed by atoms with Crippen LogP contribution in [0.1, 0.15) is 36.2 Å². The molecule has 1 aliphatic rings. The Morgan fingerprint density at radius 3 is 2.79 bits per heavy atom. The first-order valence-corrected chi connectivity index (χ1v) is 6.52. The lowest BCUT2D eigenvalue weighted by molar-refractivity contribution is -0.148. The zero-order valence-electron chi connectivity index (χ0n) is 11.3. The van der Waals surface area contributed by atoms with Crippen LogP contribution in [0.15, 0.2) is 18.3 Å². The van der Waals surface area contributed by atoms with Gasteiger partial charge in [-0.25, -0.2) is 4.79 Å². The van der Waals surface area contributed by atoms with E-state index in [9.17, 15) is 9.59 Å². The van der Waals surface area contributed by atoms with E-state index in [1.807, 2.05) is 0 Å². The van der Waals surface area contributed by atoms with E-state index >= 15 is 0 Å². The SMILES string of the molecule is COC(=O)[C@H]1CCC[C@H](OC(=O)c2cccn2C)C1. The van der Waals surface area contributed by atoms with Gasteiger partial charge in [-0.1, -0.05) is 0 Å². The quantitative estimate of drug-likeness (QED) is 0.783. The summed E-state index contributed by atoms with van der Waals surface area (Å²) in [5.74, 6) is -0.687. The van der Waals surface area contributed by atoms with Crippen LogP contribution in [0.4, 0.5) is 0 Å². The Labute approximate surface area is 112 Å². The minimum atomic E-state index is -0.331. The molecule has 0 aromatic carbocycles. The van der Waals surface area contributed by atoms with Gasteiger partial charge in [-0.3, -0.25) is 4.79 Å². The molecule has 0 saturated heterocycles. The molecule has 1 aromatic rings. The Balaban J connectivity index is 1.94. The van der Waals surface area contributed by atoms with Gasteiger partial charge < -0.3 is 14.0 Å². The third-order valence-electron chi connectivity index (χ3n) is 3.59. The molecule has 2 atom stereocenters. The van der Waals surface area contributed by atoms with Crippen molar-refractivity contribution in [3.63, 3.8) is 0 Å². The summed E-state index contributed by atoms with van der Waals surface area (Å²) in [7, 11) is 3.19. The van der Waals surface area contributed by atoms with Crippen molar-refractivity contribution in [2.45, 2.75) is 31.8 Å². The Kier molecular flexibility index (Phi) is 4.24. The van der Waals surface area contributed by atoms with Gasteiger partial charge in [-0.15, -0.1) is 0 Å². The molecule has 0 aliphatic heterocycles. The van der Waals surface area contributed by atoms with Crippen LogP contribution in [0.3, 0.4) is 0 Å². The molecule has 1 fully saturated rings. The number of methoxy groups -OCH3 is 1. The topological polar surface area (TPSA) is 57.5 Å². The maximum absolute atomic E-state index is 12.0. The van der Waals surface area contributed by atoms with Crippen LogP contribution in [0.5, 0.6) is 0 Å². The zero-order valence-corrected chi connectivity index (χ0v) is 11.3. The highest BCUT2D eigenvalue weighted by Crippen LogP contribution is 2.27. The molecule has 1 aromatic heterocycles. The number of carbonyl (C=O) groups is 2. The van der Waals surface area contributed by atoms with Crippen molar-refractivity contribution >= 4 is 11.9 Å². The third-order valence-corrected chi connectivity index (χ3v) is 3.59. The molecule has 1 heterocycles. The van der Waals surface area contributed by atoms with Gasteiger partial charge in [0.15, 0.2) is 0 Å². The molecule has 104 valence electrons. The van der Waals surface area contributed by atoms with Crippen LogP contribution in [0.2, 0.25) is 0 Å². The third kappa shape index (κ3) is 3.16. The summed E-state index contributed by atoms with van der Waals surface area (Å²) in [5, 5.41) is 0. The number of carbonyl (C=O) groups excluding carboxylic acids is 2. The zero-order chi connectivity index (χ0) is 13.8. The summed E-state index contributed by atoms with van der Waals surface area (Å²) in [4.78, 5) is 23.5. The average molecular weight is 265 g/mol. The van der Waals surface area contributed by atoms with E-state index in [0.717, 1.165) is 19.3 Å². The number of nitrogens with zero attached hydrogens (tertiary/aromatic N) is 1. The highest BCUT2D eigenvalue weighted by atomic mass is 16.5. The lowest BCUT2D eigenvalue weighted by Gasteiger charge is -2.27. The summed E-state index contributed by atoms with van der Waals surface area (Å²) in [6.07, 6.45) is 4.66. The summed E-state index contributed by atoms with van der Waals surface area (Å²) in [6.45, 7) is 0. The second-order valence-corrected chi connectivity index (χ2v) is 4.92. The molecule has 2 rings (SSSR count). The van der Waals surface area contributed by atoms with Crippen LogP contribution in [0, 0.1) is 5.92 Å². The molecule has 5 nitrogen and oxygen atoms in total. The minimum Gasteiger partial charge on any atom is -0.469 e. The second-order valence-electron chi connectivity index (χ2n) is 4.92. The fourth-order valence-electron chi connectivity index (χ4n) is 2.52. The minimum absolute atomic E-state index is 0.148. The number of esters is 2. The molecular formula is C14H19NO4. The number of hydrogen-bond acceptors (Lipinski definition) is 4. The van der Waals surface area contributed by atoms with E-state index in [0.29, 0.717) is 12.1 Å². The monoisotopic (exact) mass is 265 g/mol. The van der Waals surface area contributed by atoms with Gasteiger partial charge in [0, 0.05) is 13.2 Å². The van der Waals surface area contributed by atoms with Crippen molar-refractivity contribution in [2.24, 2.45) is 13.0 Å². The first-order valence-electron chi connectivity index (χ1n) is 6.52. The fourth-order valence-corrected chi connectivity index (χ4v) is 2.52. The van der Waals surface area contributed by atoms with Gasteiger partial charge in [-0.2, -0.15) is 0 Å². The van der Waals surface area contributed by atoms with Gasteiger partial charge in [0.2, 0.25) is 0 Å². The van der Waals surface area contributed by atoms with Crippen LogP contribution in [-0.2, 0) is 21.3 Å². The van der Waals surface area contributed by atoms with E-state index in [2.05, 4.69) is 0 Å². The number of aryl methyl sites for hydroxylation is 1. The molecule has 0 N–H and O–H groups in total. The summed E-state index contributed by atoms with van der Waals surface area (Å²) >= 11 is 0. The van der Waals surface area contributed by atoms with Gasteiger partial charge >= 0.3 is 11.9 Å². The van der Waals surface area contributed by atoms with Crippen molar-refractivity contribution in [1.82, 2.24) is 4.57 Å². The first kappa shape index (κ1) is 13.6. The summed E-state index contributed by atoms with van der Waals surface area (Å²) in [6, 6.07) is 3.53. The van der Waals surface area contributed by atoms with Gasteiger partial charge in [0.05, 0.1) is 13.0 Å². The summed E-state index contributed by atoms with van der Waals surface area (Å²) < 4.78 is 11.9. The largest absolute Gasteiger partial charge is 0.469 e. The van der Waals surface area contributed by atoms with Crippen LogP contribution in [0.25, 0.3) is 0 Å². The Morgan fingerprint density at radius 2 is 2.16 bits per heavy atom. The smallest absolute Gasteiger partial charge is 0.355 e. The van der Waals surface area contributed by atoms with Crippen molar-refractivity contribution in [1.29, 1.82) is 0 Å². The first-order chi connectivity index (χ1) is 9.11. The lowest BCUT2D eigenvalue weighted by Crippen LogP contribution is -2.30. The Bertz CT molecular complexity index is 466. The number of ether oxygens (including phenoxy) is 2. The molecule has 19 heavy (non-hydrogen) atoms. The number of aromatic nitrogens is 1. The maximum atomic E-state index is 12.0. The number of rotatable bonds is 3. The van der Waals surface area contributed by atoms with Crippen LogP contribution in [-0.4, -0.2) is 29.7 Å². The van der Waals surface area contributed by atoms with Crippen molar-refractivity contribution in [3.05, 3.63) is 24.0 Å². The predicted molar refractivity (Wildman–Crippen MR) is 68.6 cm³/mol. The maximum Gasteiger partial charge on any atom is 0.355 e. The van der Waals surface area contributed by atoms with Crippen molar-refractivity contribution in [2.75, 3.05) is 7.11 Å². The molecule has 0 bridgehead atoms. The molecule has 5 heteroatoms. The van der Waals surface area contributed by atoms with Gasteiger partial charge in [0.1, 0.15) is 11.8 Å². The molecule has 0 spiro atoms. The number of hydrogen-bond donors (Lipinski definition) is 0. The molecule has 1 aliphatic carbocycles. The lowest BCUT2D eigenvalue weighted by atomic mass is 9.87. The van der Waals surface area contributed by atoms with E-state index in [1.54, 1.807) is 29.9 Å². The highest BCUT2D eigenvalue weighted by molar-refractivity contribution is 5.87. The van der Waals surface area contributed by atoms with Gasteiger partial charge in [0.25, 0.3) is 0 Å². The van der Waals surface area contributed by atoms with Crippen molar-refractivity contribution < 1.29 is 19.1 Å². The van der Waals surface area contributed by atoms with E-state index < -0.39 is 0 Å².